The Morgan fingerprint density at radius 3 is 1.33 bits per heavy atom. The van der Waals surface area contributed by atoms with Crippen LogP contribution in [0.25, 0.3) is 0 Å². The molecule has 0 fully saturated rings. The normalized spacial score (nSPS) is 16.8. The second-order valence-corrected chi connectivity index (χ2v) is 7.93. The largest absolute Gasteiger partial charge is 0.391 e. The van der Waals surface area contributed by atoms with Crippen LogP contribution in [-0.2, 0) is 13.2 Å². The lowest BCUT2D eigenvalue weighted by molar-refractivity contribution is -0.0182. The Bertz CT molecular complexity index is 571. The van der Waals surface area contributed by atoms with Crippen LogP contribution in [0.15, 0.2) is 24.3 Å². The van der Waals surface area contributed by atoms with E-state index in [0.29, 0.717) is 19.5 Å². The molecule has 0 aliphatic carbocycles. The maximum atomic E-state index is 10.1. The van der Waals surface area contributed by atoms with E-state index in [1.807, 2.05) is 0 Å². The quantitative estimate of drug-likeness (QED) is 0.390. The van der Waals surface area contributed by atoms with E-state index in [2.05, 4.69) is 0 Å². The minimum atomic E-state index is -1.10. The van der Waals surface area contributed by atoms with Gasteiger partial charge in [-0.05, 0) is 37.1 Å². The Hall–Kier alpha value is -0.840. The Kier molecular flexibility index (Phi) is 7.33. The van der Waals surface area contributed by atoms with Gasteiger partial charge in [-0.3, -0.25) is 0 Å². The van der Waals surface area contributed by atoms with Crippen LogP contribution in [0.4, 0.5) is 0 Å². The van der Waals surface area contributed by atoms with Crippen molar-refractivity contribution < 1.29 is 30.6 Å². The van der Waals surface area contributed by atoms with Crippen molar-refractivity contribution in [1.82, 2.24) is 0 Å². The summed E-state index contributed by atoms with van der Waals surface area (Å²) < 4.78 is 0. The average molecular weight is 374 g/mol. The molecule has 134 valence electrons. The van der Waals surface area contributed by atoms with Gasteiger partial charge in [0.25, 0.3) is 0 Å². The van der Waals surface area contributed by atoms with Gasteiger partial charge in [0.15, 0.2) is 0 Å². The van der Waals surface area contributed by atoms with Crippen molar-refractivity contribution in [3.8, 4) is 0 Å². The van der Waals surface area contributed by atoms with Gasteiger partial charge in [0, 0.05) is 19.5 Å². The van der Waals surface area contributed by atoms with Crippen LogP contribution in [0, 0.1) is 0 Å². The molecule has 24 heavy (non-hydrogen) atoms. The van der Waals surface area contributed by atoms with E-state index in [-0.39, 0.29) is 26.1 Å². The average Bonchev–Trinajstić information content (AvgIpc) is 3.26. The molecular weight excluding hydrogens is 352 g/mol. The molecule has 0 aromatic carbocycles. The van der Waals surface area contributed by atoms with Crippen LogP contribution in [0.3, 0.4) is 0 Å². The predicted molar refractivity (Wildman–Crippen MR) is 91.7 cm³/mol. The van der Waals surface area contributed by atoms with E-state index in [1.165, 1.54) is 22.7 Å². The first-order chi connectivity index (χ1) is 11.5. The van der Waals surface area contributed by atoms with Crippen LogP contribution >= 0.6 is 22.7 Å². The maximum absolute atomic E-state index is 10.1. The molecule has 0 radical (unpaired) electrons. The van der Waals surface area contributed by atoms with Crippen LogP contribution in [-0.4, -0.2) is 42.8 Å². The molecule has 0 aliphatic heterocycles. The van der Waals surface area contributed by atoms with Gasteiger partial charge in [-0.15, -0.1) is 22.7 Å². The Morgan fingerprint density at radius 2 is 1.04 bits per heavy atom. The van der Waals surface area contributed by atoms with Crippen molar-refractivity contribution in [1.29, 1.82) is 0 Å². The Labute approximate surface area is 147 Å². The lowest BCUT2D eigenvalue weighted by atomic mass is 10.0. The van der Waals surface area contributed by atoms with Crippen molar-refractivity contribution >= 4 is 22.7 Å². The van der Waals surface area contributed by atoms with Crippen LogP contribution in [0.1, 0.15) is 44.6 Å². The first kappa shape index (κ1) is 19.5. The van der Waals surface area contributed by atoms with Crippen molar-refractivity contribution in [2.75, 3.05) is 0 Å². The van der Waals surface area contributed by atoms with Gasteiger partial charge in [0.1, 0.15) is 12.2 Å². The van der Waals surface area contributed by atoms with Crippen LogP contribution in [0.2, 0.25) is 0 Å². The molecule has 6 N–H and O–H groups in total. The van der Waals surface area contributed by atoms with Crippen LogP contribution in [0.5, 0.6) is 0 Å². The third-order valence-corrected chi connectivity index (χ3v) is 6.03. The minimum absolute atomic E-state index is 0.115. The van der Waals surface area contributed by atoms with E-state index in [1.54, 1.807) is 24.3 Å². The van der Waals surface area contributed by atoms with Crippen molar-refractivity contribution in [2.45, 2.75) is 50.5 Å². The summed E-state index contributed by atoms with van der Waals surface area (Å²) in [6.07, 6.45) is -4.11. The molecule has 2 heterocycles. The molecule has 2 aromatic heterocycles. The fourth-order valence-electron chi connectivity index (χ4n) is 2.31. The third-order valence-electron chi connectivity index (χ3n) is 3.75. The van der Waals surface area contributed by atoms with E-state index in [4.69, 9.17) is 10.2 Å². The summed E-state index contributed by atoms with van der Waals surface area (Å²) in [6, 6.07) is 6.67. The summed E-state index contributed by atoms with van der Waals surface area (Å²) in [4.78, 5) is 2.49. The smallest absolute Gasteiger partial charge is 0.114 e. The van der Waals surface area contributed by atoms with Gasteiger partial charge < -0.3 is 30.6 Å². The highest BCUT2D eigenvalue weighted by molar-refractivity contribution is 7.12. The number of rotatable bonds is 9. The molecule has 0 saturated heterocycles. The van der Waals surface area contributed by atoms with Crippen molar-refractivity contribution in [2.24, 2.45) is 0 Å². The molecule has 0 amide bonds. The molecule has 0 saturated carbocycles. The lowest BCUT2D eigenvalue weighted by Crippen LogP contribution is -2.23. The minimum Gasteiger partial charge on any atom is -0.391 e. The van der Waals surface area contributed by atoms with Crippen LogP contribution < -0.4 is 0 Å². The molecular formula is C16H22O6S2. The van der Waals surface area contributed by atoms with Crippen molar-refractivity contribution in [3.63, 3.8) is 0 Å². The van der Waals surface area contributed by atoms with E-state index >= 15 is 0 Å². The summed E-state index contributed by atoms with van der Waals surface area (Å²) in [6.45, 7) is -0.232. The number of aliphatic hydroxyl groups excluding tert-OH is 6. The summed E-state index contributed by atoms with van der Waals surface area (Å²) in [5.41, 5.74) is 0. The summed E-state index contributed by atoms with van der Waals surface area (Å²) >= 11 is 2.44. The summed E-state index contributed by atoms with van der Waals surface area (Å²) in [7, 11) is 0. The second kappa shape index (κ2) is 9.02. The van der Waals surface area contributed by atoms with Gasteiger partial charge in [-0.2, -0.15) is 0 Å². The van der Waals surface area contributed by atoms with Gasteiger partial charge >= 0.3 is 0 Å². The van der Waals surface area contributed by atoms with E-state index < -0.39 is 24.4 Å². The molecule has 2 aromatic rings. The highest BCUT2D eigenvalue weighted by atomic mass is 32.1. The van der Waals surface area contributed by atoms with Crippen molar-refractivity contribution in [3.05, 3.63) is 43.8 Å². The molecule has 4 unspecified atom stereocenters. The molecule has 0 bridgehead atoms. The first-order valence-electron chi connectivity index (χ1n) is 7.57. The monoisotopic (exact) mass is 374 g/mol. The Morgan fingerprint density at radius 1 is 0.667 bits per heavy atom. The number of hydrogen-bond acceptors (Lipinski definition) is 8. The van der Waals surface area contributed by atoms with Gasteiger partial charge in [0.05, 0.1) is 25.4 Å². The SMILES string of the molecule is OCc1ccc(C(O)C(O)CCC(O)C(O)c2ccc(CO)s2)s1. The maximum Gasteiger partial charge on any atom is 0.114 e. The van der Waals surface area contributed by atoms with Gasteiger partial charge in [-0.25, -0.2) is 0 Å². The number of thiophene rings is 2. The predicted octanol–water partition coefficient (Wildman–Crippen LogP) is 1.06. The van der Waals surface area contributed by atoms with E-state index in [0.717, 1.165) is 0 Å². The number of aliphatic hydroxyl groups is 6. The standard InChI is InChI=1S/C16H22O6S2/c17-7-9-1-5-13(23-9)15(21)11(19)3-4-12(20)16(22)14-6-2-10(8-18)24-14/h1-2,5-6,11-12,15-22H,3-4,7-8H2. The zero-order valence-corrected chi connectivity index (χ0v) is 14.6. The molecule has 8 heteroatoms. The molecule has 2 rings (SSSR count). The topological polar surface area (TPSA) is 121 Å². The third kappa shape index (κ3) is 4.84. The molecule has 6 nitrogen and oxygen atoms in total. The fourth-order valence-corrected chi connectivity index (χ4v) is 4.15. The number of hydrogen-bond donors (Lipinski definition) is 6. The fraction of sp³-hybridized carbons (Fsp3) is 0.500. The van der Waals surface area contributed by atoms with E-state index in [9.17, 15) is 20.4 Å². The summed E-state index contributed by atoms with van der Waals surface area (Å²) in [5, 5.41) is 58.4. The Balaban J connectivity index is 1.86. The van der Waals surface area contributed by atoms with Gasteiger partial charge in [-0.1, -0.05) is 0 Å². The zero-order chi connectivity index (χ0) is 17.7. The zero-order valence-electron chi connectivity index (χ0n) is 12.9. The highest BCUT2D eigenvalue weighted by Crippen LogP contribution is 2.30. The second-order valence-electron chi connectivity index (χ2n) is 5.53. The van der Waals surface area contributed by atoms with Gasteiger partial charge in [0.2, 0.25) is 0 Å². The lowest BCUT2D eigenvalue weighted by Gasteiger charge is -2.21. The molecule has 0 spiro atoms. The molecule has 4 atom stereocenters. The first-order valence-corrected chi connectivity index (χ1v) is 9.20. The molecule has 0 aliphatic rings. The summed E-state index contributed by atoms with van der Waals surface area (Å²) in [5.74, 6) is 0. The highest BCUT2D eigenvalue weighted by Gasteiger charge is 2.25.